The number of amides is 1. The largest absolute Gasteiger partial charge is 0.339 e. The van der Waals surface area contributed by atoms with Crippen LogP contribution < -0.4 is 5.73 Å². The van der Waals surface area contributed by atoms with Gasteiger partial charge in [-0.3, -0.25) is 9.69 Å². The van der Waals surface area contributed by atoms with Crippen LogP contribution in [-0.4, -0.2) is 54.5 Å². The van der Waals surface area contributed by atoms with Crippen LogP contribution in [0.25, 0.3) is 0 Å². The SMILES string of the molecule is CC(C)N1CCN(C(=O)CN)CC1. The topological polar surface area (TPSA) is 49.6 Å². The van der Waals surface area contributed by atoms with Crippen molar-refractivity contribution in [1.29, 1.82) is 0 Å². The van der Waals surface area contributed by atoms with Crippen LogP contribution in [0, 0.1) is 0 Å². The average molecular weight is 185 g/mol. The molecule has 0 radical (unpaired) electrons. The lowest BCUT2D eigenvalue weighted by Gasteiger charge is -2.36. The highest BCUT2D eigenvalue weighted by Gasteiger charge is 2.20. The van der Waals surface area contributed by atoms with Gasteiger partial charge in [0.2, 0.25) is 5.91 Å². The number of piperazine rings is 1. The minimum Gasteiger partial charge on any atom is -0.339 e. The van der Waals surface area contributed by atoms with Crippen LogP contribution in [0.3, 0.4) is 0 Å². The lowest BCUT2D eigenvalue weighted by Crippen LogP contribution is -2.52. The first-order valence-electron chi connectivity index (χ1n) is 4.87. The molecule has 4 heteroatoms. The molecule has 1 aliphatic rings. The quantitative estimate of drug-likeness (QED) is 0.631. The van der Waals surface area contributed by atoms with Crippen molar-refractivity contribution in [2.24, 2.45) is 5.73 Å². The summed E-state index contributed by atoms with van der Waals surface area (Å²) in [7, 11) is 0. The summed E-state index contributed by atoms with van der Waals surface area (Å²) in [6.07, 6.45) is 0. The van der Waals surface area contributed by atoms with Crippen molar-refractivity contribution in [1.82, 2.24) is 9.80 Å². The second kappa shape index (κ2) is 4.58. The molecule has 2 N–H and O–H groups in total. The normalized spacial score (nSPS) is 19.5. The van der Waals surface area contributed by atoms with Gasteiger partial charge in [0.25, 0.3) is 0 Å². The second-order valence-electron chi connectivity index (χ2n) is 3.71. The lowest BCUT2D eigenvalue weighted by atomic mass is 10.2. The van der Waals surface area contributed by atoms with E-state index in [0.29, 0.717) is 6.04 Å². The Balaban J connectivity index is 2.34. The molecule has 0 spiro atoms. The van der Waals surface area contributed by atoms with Crippen molar-refractivity contribution in [2.75, 3.05) is 32.7 Å². The molecule has 0 saturated carbocycles. The molecule has 0 aliphatic carbocycles. The van der Waals surface area contributed by atoms with Gasteiger partial charge < -0.3 is 10.6 Å². The summed E-state index contributed by atoms with van der Waals surface area (Å²) in [5.41, 5.74) is 5.29. The van der Waals surface area contributed by atoms with Crippen LogP contribution >= 0.6 is 0 Å². The molecule has 0 aromatic carbocycles. The van der Waals surface area contributed by atoms with Crippen molar-refractivity contribution in [3.05, 3.63) is 0 Å². The molecule has 0 unspecified atom stereocenters. The third-order valence-electron chi connectivity index (χ3n) is 2.57. The van der Waals surface area contributed by atoms with Gasteiger partial charge >= 0.3 is 0 Å². The van der Waals surface area contributed by atoms with E-state index >= 15 is 0 Å². The Bertz CT molecular complexity index is 174. The van der Waals surface area contributed by atoms with E-state index < -0.39 is 0 Å². The van der Waals surface area contributed by atoms with Gasteiger partial charge in [0.15, 0.2) is 0 Å². The highest BCUT2D eigenvalue weighted by molar-refractivity contribution is 5.78. The zero-order valence-corrected chi connectivity index (χ0v) is 8.49. The van der Waals surface area contributed by atoms with E-state index in [-0.39, 0.29) is 12.5 Å². The maximum absolute atomic E-state index is 11.2. The third kappa shape index (κ3) is 2.67. The Kier molecular flexibility index (Phi) is 3.69. The van der Waals surface area contributed by atoms with E-state index in [9.17, 15) is 4.79 Å². The van der Waals surface area contributed by atoms with Gasteiger partial charge in [-0.2, -0.15) is 0 Å². The smallest absolute Gasteiger partial charge is 0.236 e. The van der Waals surface area contributed by atoms with E-state index in [0.717, 1.165) is 26.2 Å². The fraction of sp³-hybridized carbons (Fsp3) is 0.889. The number of carbonyl (C=O) groups excluding carboxylic acids is 1. The van der Waals surface area contributed by atoms with Crippen LogP contribution in [-0.2, 0) is 4.79 Å². The van der Waals surface area contributed by atoms with Crippen molar-refractivity contribution in [2.45, 2.75) is 19.9 Å². The summed E-state index contributed by atoms with van der Waals surface area (Å²) in [6.45, 7) is 8.11. The predicted molar refractivity (Wildman–Crippen MR) is 52.3 cm³/mol. The van der Waals surface area contributed by atoms with Gasteiger partial charge in [-0.15, -0.1) is 0 Å². The molecule has 13 heavy (non-hydrogen) atoms. The first-order chi connectivity index (χ1) is 6.15. The van der Waals surface area contributed by atoms with Crippen molar-refractivity contribution < 1.29 is 4.79 Å². The van der Waals surface area contributed by atoms with Gasteiger partial charge in [0, 0.05) is 32.2 Å². The highest BCUT2D eigenvalue weighted by atomic mass is 16.2. The van der Waals surface area contributed by atoms with Gasteiger partial charge in [0.1, 0.15) is 0 Å². The van der Waals surface area contributed by atoms with Crippen LogP contribution in [0.2, 0.25) is 0 Å². The Hall–Kier alpha value is -0.610. The second-order valence-corrected chi connectivity index (χ2v) is 3.71. The number of nitrogens with two attached hydrogens (primary N) is 1. The van der Waals surface area contributed by atoms with E-state index in [1.807, 2.05) is 4.90 Å². The van der Waals surface area contributed by atoms with E-state index in [2.05, 4.69) is 18.7 Å². The molecule has 0 aromatic heterocycles. The third-order valence-corrected chi connectivity index (χ3v) is 2.57. The van der Waals surface area contributed by atoms with Crippen LogP contribution in [0.15, 0.2) is 0 Å². The number of nitrogens with zero attached hydrogens (tertiary/aromatic N) is 2. The van der Waals surface area contributed by atoms with E-state index in [1.54, 1.807) is 0 Å². The molecule has 1 aliphatic heterocycles. The summed E-state index contributed by atoms with van der Waals surface area (Å²) in [5.74, 6) is 0.0726. The molecule has 1 fully saturated rings. The molecule has 0 bridgehead atoms. The fourth-order valence-corrected chi connectivity index (χ4v) is 1.62. The zero-order chi connectivity index (χ0) is 9.84. The van der Waals surface area contributed by atoms with Crippen LogP contribution in [0.5, 0.6) is 0 Å². The lowest BCUT2D eigenvalue weighted by molar-refractivity contribution is -0.131. The Labute approximate surface area is 79.7 Å². The molecule has 1 saturated heterocycles. The summed E-state index contributed by atoms with van der Waals surface area (Å²) >= 11 is 0. The highest BCUT2D eigenvalue weighted by Crippen LogP contribution is 2.05. The number of carbonyl (C=O) groups is 1. The van der Waals surface area contributed by atoms with Gasteiger partial charge in [0.05, 0.1) is 6.54 Å². The first-order valence-corrected chi connectivity index (χ1v) is 4.87. The number of hydrogen-bond donors (Lipinski definition) is 1. The molecular weight excluding hydrogens is 166 g/mol. The summed E-state index contributed by atoms with van der Waals surface area (Å²) in [4.78, 5) is 15.4. The molecule has 0 aromatic rings. The Morgan fingerprint density at radius 1 is 1.31 bits per heavy atom. The standard InChI is InChI=1S/C9H19N3O/c1-8(2)11-3-5-12(6-4-11)9(13)7-10/h8H,3-7,10H2,1-2H3. The Morgan fingerprint density at radius 3 is 2.23 bits per heavy atom. The Morgan fingerprint density at radius 2 is 1.85 bits per heavy atom. The molecule has 1 heterocycles. The maximum Gasteiger partial charge on any atom is 0.236 e. The molecule has 1 rings (SSSR count). The molecule has 4 nitrogen and oxygen atoms in total. The fourth-order valence-electron chi connectivity index (χ4n) is 1.62. The molecule has 0 atom stereocenters. The molecule has 76 valence electrons. The molecular formula is C9H19N3O. The van der Waals surface area contributed by atoms with Gasteiger partial charge in [-0.1, -0.05) is 0 Å². The first kappa shape index (κ1) is 10.5. The number of rotatable bonds is 2. The monoisotopic (exact) mass is 185 g/mol. The van der Waals surface area contributed by atoms with E-state index in [1.165, 1.54) is 0 Å². The summed E-state index contributed by atoms with van der Waals surface area (Å²) in [5, 5.41) is 0. The van der Waals surface area contributed by atoms with Crippen molar-refractivity contribution in [3.63, 3.8) is 0 Å². The molecule has 1 amide bonds. The minimum atomic E-state index is 0.0726. The van der Waals surface area contributed by atoms with Crippen molar-refractivity contribution >= 4 is 5.91 Å². The van der Waals surface area contributed by atoms with Crippen LogP contribution in [0.1, 0.15) is 13.8 Å². The zero-order valence-electron chi connectivity index (χ0n) is 8.49. The average Bonchev–Trinajstić information content (AvgIpc) is 2.17. The van der Waals surface area contributed by atoms with E-state index in [4.69, 9.17) is 5.73 Å². The summed E-state index contributed by atoms with van der Waals surface area (Å²) < 4.78 is 0. The minimum absolute atomic E-state index is 0.0726. The van der Waals surface area contributed by atoms with Gasteiger partial charge in [-0.05, 0) is 13.8 Å². The number of hydrogen-bond acceptors (Lipinski definition) is 3. The maximum atomic E-state index is 11.2. The summed E-state index contributed by atoms with van der Waals surface area (Å²) in [6, 6.07) is 0.579. The van der Waals surface area contributed by atoms with Crippen molar-refractivity contribution in [3.8, 4) is 0 Å². The predicted octanol–water partition coefficient (Wildman–Crippen LogP) is -0.502. The van der Waals surface area contributed by atoms with Gasteiger partial charge in [-0.25, -0.2) is 0 Å². The van der Waals surface area contributed by atoms with Crippen LogP contribution in [0.4, 0.5) is 0 Å².